The molecule has 166 valence electrons. The molecule has 0 amide bonds. The highest BCUT2D eigenvalue weighted by Gasteiger charge is 2.17. The summed E-state index contributed by atoms with van der Waals surface area (Å²) in [5.41, 5.74) is 1.92. The third kappa shape index (κ3) is 7.36. The maximum atomic E-state index is 10.7. The van der Waals surface area contributed by atoms with Crippen LogP contribution in [0.4, 0.5) is 0 Å². The van der Waals surface area contributed by atoms with Gasteiger partial charge in [-0.25, -0.2) is 0 Å². The molecule has 3 unspecified atom stereocenters. The molecule has 30 heavy (non-hydrogen) atoms. The molecule has 0 aliphatic rings. The molecule has 0 aliphatic heterocycles. The van der Waals surface area contributed by atoms with Gasteiger partial charge in [-0.05, 0) is 37.6 Å². The lowest BCUT2D eigenvalue weighted by Crippen LogP contribution is -2.44. The average Bonchev–Trinajstić information content (AvgIpc) is 2.76. The number of ether oxygens (including phenoxy) is 2. The number of aliphatic hydroxyl groups excluding tert-OH is 1. The second-order valence-corrected chi connectivity index (χ2v) is 6.98. The lowest BCUT2D eigenvalue weighted by Gasteiger charge is -2.24. The zero-order valence-corrected chi connectivity index (χ0v) is 20.7. The Morgan fingerprint density at radius 1 is 1.07 bits per heavy atom. The highest BCUT2D eigenvalue weighted by molar-refractivity contribution is 14.0. The molecule has 0 saturated heterocycles. The quantitative estimate of drug-likeness (QED) is 0.260. The molecule has 0 saturated carbocycles. The molecule has 0 spiro atoms. The first-order valence-corrected chi connectivity index (χ1v) is 9.99. The minimum atomic E-state index is -0.808. The van der Waals surface area contributed by atoms with Crippen molar-refractivity contribution in [3.05, 3.63) is 59.7 Å². The molecule has 3 N–H and O–H groups in total. The van der Waals surface area contributed by atoms with Gasteiger partial charge >= 0.3 is 0 Å². The van der Waals surface area contributed by atoms with Crippen molar-refractivity contribution in [3.63, 3.8) is 0 Å². The van der Waals surface area contributed by atoms with Gasteiger partial charge < -0.3 is 25.2 Å². The van der Waals surface area contributed by atoms with Gasteiger partial charge in [0.15, 0.2) is 5.96 Å². The summed E-state index contributed by atoms with van der Waals surface area (Å²) in [6, 6.07) is 15.9. The molecule has 2 rings (SSSR count). The van der Waals surface area contributed by atoms with Crippen LogP contribution in [0.25, 0.3) is 0 Å². The van der Waals surface area contributed by atoms with E-state index >= 15 is 0 Å². The van der Waals surface area contributed by atoms with Crippen molar-refractivity contribution in [3.8, 4) is 11.5 Å². The fraction of sp³-hybridized carbons (Fsp3) is 0.435. The Bertz CT molecular complexity index is 787. The smallest absolute Gasteiger partial charge is 0.191 e. The Morgan fingerprint density at radius 3 is 2.37 bits per heavy atom. The highest BCUT2D eigenvalue weighted by atomic mass is 127. The van der Waals surface area contributed by atoms with E-state index in [1.807, 2.05) is 13.0 Å². The maximum absolute atomic E-state index is 10.7. The Balaban J connectivity index is 0.00000450. The number of benzene rings is 2. The largest absolute Gasteiger partial charge is 0.497 e. The van der Waals surface area contributed by atoms with Crippen LogP contribution in [-0.4, -0.2) is 44.4 Å². The summed E-state index contributed by atoms with van der Waals surface area (Å²) < 4.78 is 10.6. The number of rotatable bonds is 9. The zero-order valence-electron chi connectivity index (χ0n) is 18.4. The van der Waals surface area contributed by atoms with Gasteiger partial charge in [0, 0.05) is 24.1 Å². The van der Waals surface area contributed by atoms with Crippen molar-refractivity contribution in [2.24, 2.45) is 4.99 Å². The first kappa shape index (κ1) is 26.0. The molecule has 7 heteroatoms. The molecular weight excluding hydrogens is 493 g/mol. The first-order chi connectivity index (χ1) is 14.0. The van der Waals surface area contributed by atoms with Crippen molar-refractivity contribution < 1.29 is 14.6 Å². The summed E-state index contributed by atoms with van der Waals surface area (Å²) in [7, 11) is 3.18. The van der Waals surface area contributed by atoms with Crippen LogP contribution in [0.3, 0.4) is 0 Å². The van der Waals surface area contributed by atoms with Crippen molar-refractivity contribution in [1.29, 1.82) is 0 Å². The van der Waals surface area contributed by atoms with Gasteiger partial charge in [0.2, 0.25) is 0 Å². The van der Waals surface area contributed by atoms with E-state index in [0.717, 1.165) is 6.54 Å². The van der Waals surface area contributed by atoms with Crippen molar-refractivity contribution >= 4 is 29.9 Å². The van der Waals surface area contributed by atoms with Crippen LogP contribution in [0.1, 0.15) is 43.9 Å². The van der Waals surface area contributed by atoms with E-state index in [2.05, 4.69) is 53.7 Å². The summed E-state index contributed by atoms with van der Waals surface area (Å²) in [4.78, 5) is 4.58. The molecule has 3 atom stereocenters. The van der Waals surface area contributed by atoms with E-state index in [1.54, 1.807) is 32.4 Å². The Hall–Kier alpha value is -2.00. The number of methoxy groups -OCH3 is 2. The molecular formula is C23H34IN3O3. The molecule has 0 aliphatic carbocycles. The Morgan fingerprint density at radius 2 is 1.77 bits per heavy atom. The van der Waals surface area contributed by atoms with Crippen LogP contribution < -0.4 is 20.1 Å². The number of hydrogen-bond donors (Lipinski definition) is 3. The summed E-state index contributed by atoms with van der Waals surface area (Å²) in [6.07, 6.45) is -0.808. The topological polar surface area (TPSA) is 75.1 Å². The number of nitrogens with zero attached hydrogens (tertiary/aromatic N) is 1. The summed E-state index contributed by atoms with van der Waals surface area (Å²) in [6.45, 7) is 7.27. The third-order valence-electron chi connectivity index (χ3n) is 5.00. The monoisotopic (exact) mass is 527 g/mol. The van der Waals surface area contributed by atoms with Crippen LogP contribution in [0.5, 0.6) is 11.5 Å². The number of halogens is 1. The number of guanidine groups is 1. The number of aliphatic hydroxyl groups is 1. The normalized spacial score (nSPS) is 14.1. The van der Waals surface area contributed by atoms with Gasteiger partial charge in [-0.2, -0.15) is 0 Å². The van der Waals surface area contributed by atoms with E-state index in [1.165, 1.54) is 5.56 Å². The SMILES string of the molecule is CCNC(=NCC(O)c1cc(OC)ccc1OC)NC(C)C(C)c1ccccc1.I. The molecule has 0 radical (unpaired) electrons. The summed E-state index contributed by atoms with van der Waals surface area (Å²) >= 11 is 0. The predicted octanol–water partition coefficient (Wildman–Crippen LogP) is 4.10. The van der Waals surface area contributed by atoms with Crippen LogP contribution >= 0.6 is 24.0 Å². The fourth-order valence-electron chi connectivity index (χ4n) is 3.08. The number of hydrogen-bond acceptors (Lipinski definition) is 4. The minimum absolute atomic E-state index is 0. The van der Waals surface area contributed by atoms with Gasteiger partial charge in [0.25, 0.3) is 0 Å². The molecule has 0 heterocycles. The van der Waals surface area contributed by atoms with E-state index < -0.39 is 6.10 Å². The molecule has 0 fully saturated rings. The van der Waals surface area contributed by atoms with E-state index in [9.17, 15) is 5.11 Å². The second-order valence-electron chi connectivity index (χ2n) is 6.98. The van der Waals surface area contributed by atoms with Crippen molar-refractivity contribution in [1.82, 2.24) is 10.6 Å². The molecule has 0 bridgehead atoms. The predicted molar refractivity (Wildman–Crippen MR) is 133 cm³/mol. The Kier molecular flexibility index (Phi) is 11.6. The fourth-order valence-corrected chi connectivity index (χ4v) is 3.08. The first-order valence-electron chi connectivity index (χ1n) is 9.99. The zero-order chi connectivity index (χ0) is 21.2. The second kappa shape index (κ2) is 13.3. The van der Waals surface area contributed by atoms with Crippen LogP contribution in [-0.2, 0) is 0 Å². The summed E-state index contributed by atoms with van der Waals surface area (Å²) in [5.74, 6) is 2.25. The summed E-state index contributed by atoms with van der Waals surface area (Å²) in [5, 5.41) is 17.4. The van der Waals surface area contributed by atoms with Crippen LogP contribution in [0.15, 0.2) is 53.5 Å². The molecule has 0 aromatic heterocycles. The number of aliphatic imine (C=N–C) groups is 1. The van der Waals surface area contributed by atoms with E-state index in [-0.39, 0.29) is 36.6 Å². The van der Waals surface area contributed by atoms with Crippen molar-refractivity contribution in [2.45, 2.75) is 38.8 Å². The third-order valence-corrected chi connectivity index (χ3v) is 5.00. The number of nitrogens with one attached hydrogen (secondary N) is 2. The highest BCUT2D eigenvalue weighted by Crippen LogP contribution is 2.29. The van der Waals surface area contributed by atoms with Crippen LogP contribution in [0.2, 0.25) is 0 Å². The lowest BCUT2D eigenvalue weighted by atomic mass is 9.94. The van der Waals surface area contributed by atoms with Crippen molar-refractivity contribution in [2.75, 3.05) is 27.3 Å². The minimum Gasteiger partial charge on any atom is -0.497 e. The molecule has 2 aromatic carbocycles. The molecule has 6 nitrogen and oxygen atoms in total. The van der Waals surface area contributed by atoms with E-state index in [0.29, 0.717) is 28.9 Å². The molecule has 2 aromatic rings. The standard InChI is InChI=1S/C23H33N3O3.HI/c1-6-24-23(26-17(3)16(2)18-10-8-7-9-11-18)25-15-21(27)20-14-19(28-4)12-13-22(20)29-5;/h7-14,16-17,21,27H,6,15H2,1-5H3,(H2,24,25,26);1H. The maximum Gasteiger partial charge on any atom is 0.191 e. The average molecular weight is 527 g/mol. The van der Waals surface area contributed by atoms with Crippen LogP contribution in [0, 0.1) is 0 Å². The Labute approximate surface area is 197 Å². The van der Waals surface area contributed by atoms with Gasteiger partial charge in [-0.3, -0.25) is 4.99 Å². The lowest BCUT2D eigenvalue weighted by molar-refractivity contribution is 0.182. The van der Waals surface area contributed by atoms with E-state index in [4.69, 9.17) is 9.47 Å². The van der Waals surface area contributed by atoms with Gasteiger partial charge in [0.1, 0.15) is 17.6 Å². The van der Waals surface area contributed by atoms with Gasteiger partial charge in [-0.1, -0.05) is 37.3 Å². The van der Waals surface area contributed by atoms with Gasteiger partial charge in [0.05, 0.1) is 20.8 Å². The van der Waals surface area contributed by atoms with Gasteiger partial charge in [-0.15, -0.1) is 24.0 Å².